The lowest BCUT2D eigenvalue weighted by Crippen LogP contribution is -2.48. The molecule has 130 valence electrons. The predicted molar refractivity (Wildman–Crippen MR) is 108 cm³/mol. The highest BCUT2D eigenvalue weighted by molar-refractivity contribution is 7.80. The van der Waals surface area contributed by atoms with Gasteiger partial charge in [0.15, 0.2) is 5.11 Å². The molecule has 2 aromatic rings. The first-order valence-electron chi connectivity index (χ1n) is 8.42. The van der Waals surface area contributed by atoms with E-state index in [-0.39, 0.29) is 0 Å². The Morgan fingerprint density at radius 1 is 1.04 bits per heavy atom. The summed E-state index contributed by atoms with van der Waals surface area (Å²) in [5.74, 6) is 0.823. The van der Waals surface area contributed by atoms with Crippen LogP contribution in [0.5, 0.6) is 5.75 Å². The summed E-state index contributed by atoms with van der Waals surface area (Å²) in [6.45, 7) is 3.75. The Morgan fingerprint density at radius 2 is 1.80 bits per heavy atom. The molecular weight excluding hydrogens is 330 g/mol. The van der Waals surface area contributed by atoms with Gasteiger partial charge in [-0.05, 0) is 42.2 Å². The molecule has 1 N–H and O–H groups in total. The normalized spacial score (nSPS) is 14.6. The molecule has 0 saturated carbocycles. The summed E-state index contributed by atoms with van der Waals surface area (Å²) < 4.78 is 5.25. The van der Waals surface area contributed by atoms with E-state index in [4.69, 9.17) is 17.0 Å². The van der Waals surface area contributed by atoms with Crippen molar-refractivity contribution in [3.63, 3.8) is 0 Å². The Hall–Kier alpha value is -2.53. The first kappa shape index (κ1) is 17.3. The van der Waals surface area contributed by atoms with Crippen LogP contribution in [0.15, 0.2) is 60.8 Å². The van der Waals surface area contributed by atoms with Gasteiger partial charge in [-0.3, -0.25) is 0 Å². The first-order valence-corrected chi connectivity index (χ1v) is 8.83. The van der Waals surface area contributed by atoms with Gasteiger partial charge in [-0.2, -0.15) is 0 Å². The van der Waals surface area contributed by atoms with Crippen molar-refractivity contribution < 1.29 is 4.74 Å². The Labute approximate surface area is 154 Å². The molecule has 0 atom stereocenters. The van der Waals surface area contributed by atoms with Crippen molar-refractivity contribution in [2.24, 2.45) is 0 Å². The van der Waals surface area contributed by atoms with Crippen molar-refractivity contribution in [2.75, 3.05) is 38.6 Å². The second kappa shape index (κ2) is 8.53. The molecule has 0 spiro atoms. The maximum Gasteiger partial charge on any atom is 0.173 e. The molecule has 1 fully saturated rings. The Bertz CT molecular complexity index is 725. The smallest absolute Gasteiger partial charge is 0.173 e. The third kappa shape index (κ3) is 4.97. The molecule has 0 aromatic heterocycles. The minimum Gasteiger partial charge on any atom is -0.497 e. The SMILES string of the molecule is COc1cccc(NC(=S)N2CCN(/C=C/c3ccccc3)CC2)c1. The molecule has 3 rings (SSSR count). The fourth-order valence-corrected chi connectivity index (χ4v) is 3.03. The first-order chi connectivity index (χ1) is 12.2. The summed E-state index contributed by atoms with van der Waals surface area (Å²) in [6.07, 6.45) is 4.33. The highest BCUT2D eigenvalue weighted by Gasteiger charge is 2.17. The third-order valence-corrected chi connectivity index (χ3v) is 4.56. The van der Waals surface area contributed by atoms with Gasteiger partial charge in [-0.1, -0.05) is 36.4 Å². The van der Waals surface area contributed by atoms with E-state index in [1.165, 1.54) is 5.56 Å². The molecule has 1 aliphatic heterocycles. The molecule has 4 nitrogen and oxygen atoms in total. The zero-order chi connectivity index (χ0) is 17.5. The fourth-order valence-electron chi connectivity index (χ4n) is 2.73. The maximum atomic E-state index is 5.55. The van der Waals surface area contributed by atoms with Gasteiger partial charge in [0, 0.05) is 37.9 Å². The average Bonchev–Trinajstić information content (AvgIpc) is 2.67. The van der Waals surface area contributed by atoms with Crippen molar-refractivity contribution >= 4 is 29.1 Å². The van der Waals surface area contributed by atoms with Crippen LogP contribution in [0.25, 0.3) is 6.08 Å². The molecule has 0 aliphatic carbocycles. The number of hydrogen-bond acceptors (Lipinski definition) is 3. The van der Waals surface area contributed by atoms with Crippen LogP contribution in [0, 0.1) is 0 Å². The summed E-state index contributed by atoms with van der Waals surface area (Å²) >= 11 is 5.55. The van der Waals surface area contributed by atoms with Gasteiger partial charge in [-0.25, -0.2) is 0 Å². The summed E-state index contributed by atoms with van der Waals surface area (Å²) in [5.41, 5.74) is 2.18. The summed E-state index contributed by atoms with van der Waals surface area (Å²) in [5, 5.41) is 4.06. The van der Waals surface area contributed by atoms with E-state index in [9.17, 15) is 0 Å². The molecule has 5 heteroatoms. The Balaban J connectivity index is 1.49. The van der Waals surface area contributed by atoms with Gasteiger partial charge in [-0.15, -0.1) is 0 Å². The van der Waals surface area contributed by atoms with Gasteiger partial charge in [0.2, 0.25) is 0 Å². The number of rotatable bonds is 4. The van der Waals surface area contributed by atoms with E-state index in [1.54, 1.807) is 7.11 Å². The van der Waals surface area contributed by atoms with Crippen LogP contribution in [0.1, 0.15) is 5.56 Å². The molecular formula is C20H23N3OS. The van der Waals surface area contributed by atoms with E-state index < -0.39 is 0 Å². The van der Waals surface area contributed by atoms with Crippen molar-refractivity contribution in [1.29, 1.82) is 0 Å². The van der Waals surface area contributed by atoms with Gasteiger partial charge in [0.25, 0.3) is 0 Å². The highest BCUT2D eigenvalue weighted by atomic mass is 32.1. The van der Waals surface area contributed by atoms with E-state index in [0.717, 1.165) is 42.7 Å². The van der Waals surface area contributed by atoms with Crippen molar-refractivity contribution in [3.8, 4) is 5.75 Å². The van der Waals surface area contributed by atoms with Gasteiger partial charge < -0.3 is 19.9 Å². The van der Waals surface area contributed by atoms with Gasteiger partial charge in [0.05, 0.1) is 7.11 Å². The number of thiocarbonyl (C=S) groups is 1. The Morgan fingerprint density at radius 3 is 2.52 bits per heavy atom. The molecule has 1 heterocycles. The van der Waals surface area contributed by atoms with Crippen LogP contribution in [-0.2, 0) is 0 Å². The number of nitrogens with one attached hydrogen (secondary N) is 1. The van der Waals surface area contributed by atoms with Gasteiger partial charge in [0.1, 0.15) is 5.75 Å². The fraction of sp³-hybridized carbons (Fsp3) is 0.250. The lowest BCUT2D eigenvalue weighted by molar-refractivity contribution is 0.241. The van der Waals surface area contributed by atoms with Crippen LogP contribution < -0.4 is 10.1 Å². The van der Waals surface area contributed by atoms with Crippen molar-refractivity contribution in [3.05, 3.63) is 66.4 Å². The second-order valence-electron chi connectivity index (χ2n) is 5.91. The lowest BCUT2D eigenvalue weighted by atomic mass is 10.2. The molecule has 1 saturated heterocycles. The minimum absolute atomic E-state index is 0.764. The molecule has 1 aliphatic rings. The number of anilines is 1. The van der Waals surface area contributed by atoms with Gasteiger partial charge >= 0.3 is 0 Å². The van der Waals surface area contributed by atoms with Crippen LogP contribution in [0.3, 0.4) is 0 Å². The maximum absolute atomic E-state index is 5.55. The van der Waals surface area contributed by atoms with E-state index in [0.29, 0.717) is 0 Å². The third-order valence-electron chi connectivity index (χ3n) is 4.20. The number of piperazine rings is 1. The molecule has 0 bridgehead atoms. The van der Waals surface area contributed by atoms with Crippen LogP contribution in [0.2, 0.25) is 0 Å². The zero-order valence-electron chi connectivity index (χ0n) is 14.4. The molecule has 0 unspecified atom stereocenters. The van der Waals surface area contributed by atoms with E-state index in [2.05, 4.69) is 51.7 Å². The van der Waals surface area contributed by atoms with Crippen LogP contribution in [0.4, 0.5) is 5.69 Å². The molecule has 0 radical (unpaired) electrons. The number of methoxy groups -OCH3 is 1. The number of nitrogens with zero attached hydrogens (tertiary/aromatic N) is 2. The summed E-state index contributed by atoms with van der Waals surface area (Å²) in [6, 6.07) is 18.2. The van der Waals surface area contributed by atoms with E-state index >= 15 is 0 Å². The van der Waals surface area contributed by atoms with E-state index in [1.807, 2.05) is 30.3 Å². The monoisotopic (exact) mass is 353 g/mol. The minimum atomic E-state index is 0.764. The van der Waals surface area contributed by atoms with Crippen molar-refractivity contribution in [1.82, 2.24) is 9.80 Å². The molecule has 0 amide bonds. The lowest BCUT2D eigenvalue weighted by Gasteiger charge is -2.35. The van der Waals surface area contributed by atoms with Crippen molar-refractivity contribution in [2.45, 2.75) is 0 Å². The number of hydrogen-bond donors (Lipinski definition) is 1. The highest BCUT2D eigenvalue weighted by Crippen LogP contribution is 2.17. The topological polar surface area (TPSA) is 27.7 Å². The average molecular weight is 353 g/mol. The zero-order valence-corrected chi connectivity index (χ0v) is 15.2. The Kier molecular flexibility index (Phi) is 5.90. The number of ether oxygens (including phenoxy) is 1. The van der Waals surface area contributed by atoms with Crippen LogP contribution in [-0.4, -0.2) is 48.2 Å². The second-order valence-corrected chi connectivity index (χ2v) is 6.30. The quantitative estimate of drug-likeness (QED) is 0.847. The summed E-state index contributed by atoms with van der Waals surface area (Å²) in [4.78, 5) is 4.54. The van der Waals surface area contributed by atoms with Crippen LogP contribution >= 0.6 is 12.2 Å². The largest absolute Gasteiger partial charge is 0.497 e. The number of benzene rings is 2. The summed E-state index contributed by atoms with van der Waals surface area (Å²) in [7, 11) is 1.67. The standard InChI is InChI=1S/C20H23N3OS/c1-24-19-9-5-8-18(16-19)21-20(25)23-14-12-22(13-15-23)11-10-17-6-3-2-4-7-17/h2-11,16H,12-15H2,1H3,(H,21,25)/b11-10+. The predicted octanol–water partition coefficient (Wildman–Crippen LogP) is 3.68. The molecule has 25 heavy (non-hydrogen) atoms. The molecule has 2 aromatic carbocycles.